The second-order valence-corrected chi connectivity index (χ2v) is 4.97. The first kappa shape index (κ1) is 13.2. The van der Waals surface area contributed by atoms with Crippen molar-refractivity contribution in [2.45, 2.75) is 44.1 Å². The topological polar surface area (TPSA) is 84.1 Å². The monoisotopic (exact) mass is 250 g/mol. The molecule has 1 heterocycles. The van der Waals surface area contributed by atoms with E-state index in [2.05, 4.69) is 15.3 Å². The van der Waals surface area contributed by atoms with Crippen LogP contribution in [-0.2, 0) is 0 Å². The zero-order chi connectivity index (χ0) is 12.8. The molecule has 100 valence electrons. The highest BCUT2D eigenvalue weighted by molar-refractivity contribution is 5.36. The van der Waals surface area contributed by atoms with Crippen LogP contribution in [0.15, 0.2) is 12.4 Å². The molecule has 0 aromatic carbocycles. The van der Waals surface area contributed by atoms with Gasteiger partial charge in [-0.3, -0.25) is 0 Å². The average molecular weight is 250 g/mol. The number of aromatic nitrogens is 2. The van der Waals surface area contributed by atoms with E-state index in [-0.39, 0.29) is 6.61 Å². The molecule has 18 heavy (non-hydrogen) atoms. The molecule has 0 aliphatic heterocycles. The number of aliphatic hydroxyl groups is 1. The van der Waals surface area contributed by atoms with Gasteiger partial charge in [0.05, 0.1) is 0 Å². The first-order valence-corrected chi connectivity index (χ1v) is 6.72. The van der Waals surface area contributed by atoms with Crippen molar-refractivity contribution in [1.29, 1.82) is 0 Å². The number of hydrogen-bond donors (Lipinski definition) is 3. The molecule has 1 aliphatic rings. The maximum Gasteiger partial charge on any atom is 0.129 e. The molecular formula is C13H22N4O. The SMILES string of the molecule is NC1CC(c2cc(NCCCCCO)ncn2)C1. The lowest BCUT2D eigenvalue weighted by atomic mass is 9.79. The number of hydrogen-bond acceptors (Lipinski definition) is 5. The molecule has 1 aromatic rings. The summed E-state index contributed by atoms with van der Waals surface area (Å²) >= 11 is 0. The van der Waals surface area contributed by atoms with Crippen molar-refractivity contribution in [3.63, 3.8) is 0 Å². The van der Waals surface area contributed by atoms with Gasteiger partial charge in [-0.05, 0) is 32.1 Å². The molecule has 0 unspecified atom stereocenters. The zero-order valence-corrected chi connectivity index (χ0v) is 10.7. The van der Waals surface area contributed by atoms with Gasteiger partial charge in [0.1, 0.15) is 12.1 Å². The molecule has 1 saturated carbocycles. The van der Waals surface area contributed by atoms with E-state index in [4.69, 9.17) is 10.8 Å². The van der Waals surface area contributed by atoms with E-state index >= 15 is 0 Å². The minimum Gasteiger partial charge on any atom is -0.396 e. The summed E-state index contributed by atoms with van der Waals surface area (Å²) in [6, 6.07) is 2.38. The standard InChI is InChI=1S/C13H22N4O/c14-11-6-10(7-11)12-8-13(17-9-16-12)15-4-2-1-3-5-18/h8-11,18H,1-7,14H2,(H,15,16,17). The van der Waals surface area contributed by atoms with Crippen molar-refractivity contribution in [3.8, 4) is 0 Å². The number of nitrogens with one attached hydrogen (secondary N) is 1. The summed E-state index contributed by atoms with van der Waals surface area (Å²) in [7, 11) is 0. The van der Waals surface area contributed by atoms with Crippen LogP contribution in [-0.4, -0.2) is 34.3 Å². The molecular weight excluding hydrogens is 228 g/mol. The fourth-order valence-corrected chi connectivity index (χ4v) is 2.23. The molecule has 0 spiro atoms. The minimum absolute atomic E-state index is 0.277. The molecule has 0 saturated heterocycles. The predicted octanol–water partition coefficient (Wildman–Crippen LogP) is 1.26. The quantitative estimate of drug-likeness (QED) is 0.634. The van der Waals surface area contributed by atoms with E-state index in [9.17, 15) is 0 Å². The van der Waals surface area contributed by atoms with Gasteiger partial charge in [0.25, 0.3) is 0 Å². The Morgan fingerprint density at radius 2 is 2.11 bits per heavy atom. The molecule has 0 atom stereocenters. The Labute approximate surface area is 108 Å². The molecule has 1 fully saturated rings. The third kappa shape index (κ3) is 3.65. The number of nitrogens with zero attached hydrogens (tertiary/aromatic N) is 2. The maximum atomic E-state index is 8.68. The Bertz CT molecular complexity index is 366. The number of rotatable bonds is 7. The lowest BCUT2D eigenvalue weighted by Gasteiger charge is -2.31. The van der Waals surface area contributed by atoms with Crippen molar-refractivity contribution in [2.75, 3.05) is 18.5 Å². The Morgan fingerprint density at radius 1 is 1.28 bits per heavy atom. The van der Waals surface area contributed by atoms with Gasteiger partial charge in [-0.25, -0.2) is 9.97 Å². The Morgan fingerprint density at radius 3 is 2.83 bits per heavy atom. The number of unbranched alkanes of at least 4 members (excludes halogenated alkanes) is 2. The van der Waals surface area contributed by atoms with E-state index in [0.717, 1.165) is 50.2 Å². The van der Waals surface area contributed by atoms with Gasteiger partial charge >= 0.3 is 0 Å². The minimum atomic E-state index is 0.277. The van der Waals surface area contributed by atoms with Crippen molar-refractivity contribution >= 4 is 5.82 Å². The van der Waals surface area contributed by atoms with Crippen LogP contribution in [0.1, 0.15) is 43.7 Å². The molecule has 4 N–H and O–H groups in total. The maximum absolute atomic E-state index is 8.68. The summed E-state index contributed by atoms with van der Waals surface area (Å²) in [6.45, 7) is 1.17. The van der Waals surface area contributed by atoms with Crippen LogP contribution in [0.3, 0.4) is 0 Å². The van der Waals surface area contributed by atoms with Gasteiger partial charge in [0, 0.05) is 36.9 Å². The van der Waals surface area contributed by atoms with Crippen LogP contribution in [0, 0.1) is 0 Å². The molecule has 5 nitrogen and oxygen atoms in total. The summed E-state index contributed by atoms with van der Waals surface area (Å²) in [6.07, 6.45) is 6.65. The van der Waals surface area contributed by atoms with Crippen LogP contribution in [0.2, 0.25) is 0 Å². The molecule has 1 aliphatic carbocycles. The highest BCUT2D eigenvalue weighted by Gasteiger charge is 2.28. The van der Waals surface area contributed by atoms with E-state index in [0.29, 0.717) is 12.0 Å². The van der Waals surface area contributed by atoms with Crippen molar-refractivity contribution in [3.05, 3.63) is 18.1 Å². The number of nitrogens with two attached hydrogens (primary N) is 1. The van der Waals surface area contributed by atoms with Crippen LogP contribution < -0.4 is 11.1 Å². The first-order valence-electron chi connectivity index (χ1n) is 6.72. The predicted molar refractivity (Wildman–Crippen MR) is 71.4 cm³/mol. The van der Waals surface area contributed by atoms with Crippen LogP contribution in [0.4, 0.5) is 5.82 Å². The van der Waals surface area contributed by atoms with Gasteiger partial charge in [-0.1, -0.05) is 0 Å². The van der Waals surface area contributed by atoms with Gasteiger partial charge in [-0.15, -0.1) is 0 Å². The van der Waals surface area contributed by atoms with Gasteiger partial charge in [0.2, 0.25) is 0 Å². The van der Waals surface area contributed by atoms with Crippen molar-refractivity contribution < 1.29 is 5.11 Å². The average Bonchev–Trinajstić information content (AvgIpc) is 2.35. The van der Waals surface area contributed by atoms with Crippen LogP contribution in [0.25, 0.3) is 0 Å². The second kappa shape index (κ2) is 6.66. The fraction of sp³-hybridized carbons (Fsp3) is 0.692. The normalized spacial score (nSPS) is 22.6. The Balaban J connectivity index is 1.76. The molecule has 0 amide bonds. The Kier molecular flexibility index (Phi) is 4.90. The number of aliphatic hydroxyl groups excluding tert-OH is 1. The summed E-state index contributed by atoms with van der Waals surface area (Å²) in [5.41, 5.74) is 6.89. The zero-order valence-electron chi connectivity index (χ0n) is 10.7. The molecule has 2 rings (SSSR count). The highest BCUT2D eigenvalue weighted by Crippen LogP contribution is 2.34. The molecule has 0 radical (unpaired) electrons. The highest BCUT2D eigenvalue weighted by atomic mass is 16.2. The summed E-state index contributed by atoms with van der Waals surface area (Å²) in [4.78, 5) is 8.53. The van der Waals surface area contributed by atoms with E-state index < -0.39 is 0 Å². The van der Waals surface area contributed by atoms with Gasteiger partial charge in [-0.2, -0.15) is 0 Å². The van der Waals surface area contributed by atoms with Crippen LogP contribution in [0.5, 0.6) is 0 Å². The van der Waals surface area contributed by atoms with E-state index in [1.807, 2.05) is 6.07 Å². The molecule has 5 heteroatoms. The smallest absolute Gasteiger partial charge is 0.129 e. The van der Waals surface area contributed by atoms with Gasteiger partial charge in [0.15, 0.2) is 0 Å². The Hall–Kier alpha value is -1.20. The van der Waals surface area contributed by atoms with Crippen LogP contribution >= 0.6 is 0 Å². The van der Waals surface area contributed by atoms with E-state index in [1.165, 1.54) is 0 Å². The lowest BCUT2D eigenvalue weighted by Crippen LogP contribution is -2.35. The largest absolute Gasteiger partial charge is 0.396 e. The first-order chi connectivity index (χ1) is 8.79. The second-order valence-electron chi connectivity index (χ2n) is 4.97. The fourth-order valence-electron chi connectivity index (χ4n) is 2.23. The van der Waals surface area contributed by atoms with Crippen molar-refractivity contribution in [1.82, 2.24) is 9.97 Å². The van der Waals surface area contributed by atoms with Gasteiger partial charge < -0.3 is 16.2 Å². The molecule has 0 bridgehead atoms. The van der Waals surface area contributed by atoms with Crippen molar-refractivity contribution in [2.24, 2.45) is 5.73 Å². The summed E-state index contributed by atoms with van der Waals surface area (Å²) in [5.74, 6) is 1.41. The third-order valence-corrected chi connectivity index (χ3v) is 3.42. The lowest BCUT2D eigenvalue weighted by molar-refractivity contribution is 0.283. The third-order valence-electron chi connectivity index (χ3n) is 3.42. The number of anilines is 1. The molecule has 1 aromatic heterocycles. The summed E-state index contributed by atoms with van der Waals surface area (Å²) < 4.78 is 0. The van der Waals surface area contributed by atoms with E-state index in [1.54, 1.807) is 6.33 Å². The summed E-state index contributed by atoms with van der Waals surface area (Å²) in [5, 5.41) is 12.0.